The number of aromatic nitrogens is 2. The van der Waals surface area contributed by atoms with Crippen molar-refractivity contribution in [3.8, 4) is 0 Å². The molecule has 7 nitrogen and oxygen atoms in total. The van der Waals surface area contributed by atoms with E-state index in [0.717, 1.165) is 24.2 Å². The second kappa shape index (κ2) is 6.87. The number of fused-ring (bicyclic) bond motifs is 1. The van der Waals surface area contributed by atoms with E-state index < -0.39 is 0 Å². The lowest BCUT2D eigenvalue weighted by atomic mass is 10.4. The van der Waals surface area contributed by atoms with Crippen LogP contribution in [0.25, 0.3) is 5.65 Å². The van der Waals surface area contributed by atoms with Gasteiger partial charge in [-0.2, -0.15) is 0 Å². The molecule has 0 radical (unpaired) electrons. The van der Waals surface area contributed by atoms with E-state index in [-0.39, 0.29) is 17.9 Å². The fourth-order valence-electron chi connectivity index (χ4n) is 2.19. The van der Waals surface area contributed by atoms with Crippen molar-refractivity contribution < 1.29 is 9.59 Å². The molecule has 3 N–H and O–H groups in total. The van der Waals surface area contributed by atoms with Crippen molar-refractivity contribution in [3.63, 3.8) is 0 Å². The fourth-order valence-corrected chi connectivity index (χ4v) is 2.36. The number of nitrogens with one attached hydrogen (secondary N) is 3. The molecule has 1 saturated carbocycles. The van der Waals surface area contributed by atoms with E-state index in [2.05, 4.69) is 20.9 Å². The number of hydrogen-bond donors (Lipinski definition) is 3. The second-order valence-electron chi connectivity index (χ2n) is 5.52. The third-order valence-electron chi connectivity index (χ3n) is 3.55. The SMILES string of the molecule is O=C(NCCNC(=O)C1CC1)NCc1cn2cc(Cl)ccc2n1. The van der Waals surface area contributed by atoms with Gasteiger partial charge in [0.25, 0.3) is 0 Å². The molecule has 3 amide bonds. The number of carbonyl (C=O) groups is 2. The highest BCUT2D eigenvalue weighted by Gasteiger charge is 2.28. The Morgan fingerprint density at radius 2 is 1.96 bits per heavy atom. The van der Waals surface area contributed by atoms with Gasteiger partial charge in [-0.1, -0.05) is 11.6 Å². The minimum Gasteiger partial charge on any atom is -0.354 e. The van der Waals surface area contributed by atoms with Crippen molar-refractivity contribution in [2.75, 3.05) is 13.1 Å². The summed E-state index contributed by atoms with van der Waals surface area (Å²) in [7, 11) is 0. The number of pyridine rings is 1. The van der Waals surface area contributed by atoms with Crippen LogP contribution in [0.2, 0.25) is 5.02 Å². The molecule has 1 aliphatic carbocycles. The van der Waals surface area contributed by atoms with Crippen molar-refractivity contribution in [3.05, 3.63) is 35.2 Å². The van der Waals surface area contributed by atoms with Crippen LogP contribution in [0.4, 0.5) is 4.79 Å². The van der Waals surface area contributed by atoms with Crippen LogP contribution in [-0.2, 0) is 11.3 Å². The lowest BCUT2D eigenvalue weighted by Gasteiger charge is -2.07. The first-order valence-electron chi connectivity index (χ1n) is 7.54. The molecule has 1 aliphatic rings. The maximum atomic E-state index is 11.7. The van der Waals surface area contributed by atoms with Gasteiger partial charge >= 0.3 is 6.03 Å². The molecule has 0 saturated heterocycles. The summed E-state index contributed by atoms with van der Waals surface area (Å²) in [4.78, 5) is 27.5. The number of urea groups is 1. The van der Waals surface area contributed by atoms with Gasteiger partial charge < -0.3 is 20.4 Å². The summed E-state index contributed by atoms with van der Waals surface area (Å²) in [6, 6.07) is 3.29. The van der Waals surface area contributed by atoms with E-state index >= 15 is 0 Å². The molecular weight excluding hydrogens is 318 g/mol. The largest absolute Gasteiger partial charge is 0.354 e. The number of nitrogens with zero attached hydrogens (tertiary/aromatic N) is 2. The van der Waals surface area contributed by atoms with Gasteiger partial charge in [0.1, 0.15) is 5.65 Å². The Balaban J connectivity index is 1.38. The standard InChI is InChI=1S/C15H18ClN5O2/c16-11-3-4-13-20-12(9-21(13)8-11)7-19-15(23)18-6-5-17-14(22)10-1-2-10/h3-4,8-10H,1-2,5-7H2,(H,17,22)(H2,18,19,23). The van der Waals surface area contributed by atoms with E-state index in [9.17, 15) is 9.59 Å². The summed E-state index contributed by atoms with van der Waals surface area (Å²) in [5, 5.41) is 8.83. The van der Waals surface area contributed by atoms with Gasteiger partial charge in [-0.15, -0.1) is 0 Å². The van der Waals surface area contributed by atoms with Gasteiger partial charge in [0.05, 0.1) is 17.3 Å². The summed E-state index contributed by atoms with van der Waals surface area (Å²) in [5.41, 5.74) is 1.51. The lowest BCUT2D eigenvalue weighted by molar-refractivity contribution is -0.122. The molecule has 2 aromatic rings. The second-order valence-corrected chi connectivity index (χ2v) is 5.96. The maximum Gasteiger partial charge on any atom is 0.315 e. The van der Waals surface area contributed by atoms with E-state index in [1.165, 1.54) is 0 Å². The summed E-state index contributed by atoms with van der Waals surface area (Å²) >= 11 is 5.91. The van der Waals surface area contributed by atoms with Gasteiger partial charge in [0, 0.05) is 31.4 Å². The zero-order valence-electron chi connectivity index (χ0n) is 12.5. The molecule has 8 heteroatoms. The number of halogens is 1. The van der Waals surface area contributed by atoms with Gasteiger partial charge in [0.15, 0.2) is 0 Å². The van der Waals surface area contributed by atoms with Crippen molar-refractivity contribution in [1.29, 1.82) is 0 Å². The molecule has 3 rings (SSSR count). The maximum absolute atomic E-state index is 11.7. The molecule has 1 fully saturated rings. The summed E-state index contributed by atoms with van der Waals surface area (Å²) in [6.07, 6.45) is 5.53. The number of imidazole rings is 1. The predicted molar refractivity (Wildman–Crippen MR) is 86.2 cm³/mol. The summed E-state index contributed by atoms with van der Waals surface area (Å²) < 4.78 is 1.81. The first-order valence-corrected chi connectivity index (χ1v) is 7.92. The van der Waals surface area contributed by atoms with E-state index in [0.29, 0.717) is 24.7 Å². The Labute approximate surface area is 138 Å². The van der Waals surface area contributed by atoms with E-state index in [1.54, 1.807) is 12.3 Å². The van der Waals surface area contributed by atoms with Crippen molar-refractivity contribution in [2.45, 2.75) is 19.4 Å². The van der Waals surface area contributed by atoms with Crippen LogP contribution in [-0.4, -0.2) is 34.4 Å². The van der Waals surface area contributed by atoms with Crippen molar-refractivity contribution in [1.82, 2.24) is 25.3 Å². The minimum atomic E-state index is -0.291. The molecule has 2 aromatic heterocycles. The smallest absolute Gasteiger partial charge is 0.315 e. The van der Waals surface area contributed by atoms with Crippen LogP contribution >= 0.6 is 11.6 Å². The Kier molecular flexibility index (Phi) is 4.66. The molecule has 0 aromatic carbocycles. The van der Waals surface area contributed by atoms with Crippen LogP contribution in [0, 0.1) is 5.92 Å². The highest BCUT2D eigenvalue weighted by molar-refractivity contribution is 6.30. The van der Waals surface area contributed by atoms with Gasteiger partial charge in [-0.25, -0.2) is 9.78 Å². The minimum absolute atomic E-state index is 0.0792. The van der Waals surface area contributed by atoms with Crippen molar-refractivity contribution in [2.24, 2.45) is 5.92 Å². The Bertz CT molecular complexity index is 726. The van der Waals surface area contributed by atoms with Gasteiger partial charge in [-0.3, -0.25) is 4.79 Å². The predicted octanol–water partition coefficient (Wildman–Crippen LogP) is 1.31. The number of amides is 3. The third-order valence-corrected chi connectivity index (χ3v) is 3.78. The molecule has 2 heterocycles. The highest BCUT2D eigenvalue weighted by Crippen LogP contribution is 2.28. The zero-order chi connectivity index (χ0) is 16.2. The third kappa shape index (κ3) is 4.35. The first kappa shape index (κ1) is 15.6. The fraction of sp³-hybridized carbons (Fsp3) is 0.400. The Morgan fingerprint density at radius 1 is 1.17 bits per heavy atom. The Morgan fingerprint density at radius 3 is 2.74 bits per heavy atom. The van der Waals surface area contributed by atoms with Crippen LogP contribution in [0.15, 0.2) is 24.5 Å². The molecule has 0 atom stereocenters. The van der Waals surface area contributed by atoms with Crippen LogP contribution in [0.5, 0.6) is 0 Å². The number of carbonyl (C=O) groups excluding carboxylic acids is 2. The molecule has 23 heavy (non-hydrogen) atoms. The molecule has 0 spiro atoms. The monoisotopic (exact) mass is 335 g/mol. The van der Waals surface area contributed by atoms with Crippen LogP contribution in [0.3, 0.4) is 0 Å². The molecule has 0 bridgehead atoms. The van der Waals surface area contributed by atoms with Crippen LogP contribution < -0.4 is 16.0 Å². The molecule has 0 aliphatic heterocycles. The van der Waals surface area contributed by atoms with Gasteiger partial charge in [0.2, 0.25) is 5.91 Å². The molecule has 0 unspecified atom stereocenters. The first-order chi connectivity index (χ1) is 11.1. The van der Waals surface area contributed by atoms with Crippen molar-refractivity contribution >= 4 is 29.2 Å². The number of hydrogen-bond acceptors (Lipinski definition) is 3. The van der Waals surface area contributed by atoms with Crippen LogP contribution in [0.1, 0.15) is 18.5 Å². The normalized spacial score (nSPS) is 13.8. The zero-order valence-corrected chi connectivity index (χ0v) is 13.3. The average Bonchev–Trinajstić information content (AvgIpc) is 3.30. The quantitative estimate of drug-likeness (QED) is 0.696. The lowest BCUT2D eigenvalue weighted by Crippen LogP contribution is -2.40. The highest BCUT2D eigenvalue weighted by atomic mass is 35.5. The topological polar surface area (TPSA) is 87.5 Å². The molecule has 122 valence electrons. The summed E-state index contributed by atoms with van der Waals surface area (Å²) in [6.45, 7) is 1.15. The Hall–Kier alpha value is -2.28. The molecular formula is C15H18ClN5O2. The average molecular weight is 336 g/mol. The van der Waals surface area contributed by atoms with E-state index in [4.69, 9.17) is 11.6 Å². The van der Waals surface area contributed by atoms with E-state index in [1.807, 2.05) is 16.7 Å². The number of rotatable bonds is 6. The van der Waals surface area contributed by atoms with Gasteiger partial charge in [-0.05, 0) is 25.0 Å². The summed E-state index contributed by atoms with van der Waals surface area (Å²) in [5.74, 6) is 0.267.